The maximum atomic E-state index is 13.8. The third-order valence-corrected chi connectivity index (χ3v) is 3.44. The van der Waals surface area contributed by atoms with E-state index in [2.05, 4.69) is 5.32 Å². The van der Waals surface area contributed by atoms with Crippen LogP contribution in [0.25, 0.3) is 0 Å². The van der Waals surface area contributed by atoms with Gasteiger partial charge < -0.3 is 15.3 Å². The lowest BCUT2D eigenvalue weighted by atomic mass is 10.1. The van der Waals surface area contributed by atoms with Gasteiger partial charge in [-0.2, -0.15) is 4.39 Å². The van der Waals surface area contributed by atoms with Crippen LogP contribution in [0.4, 0.5) is 13.2 Å². The van der Waals surface area contributed by atoms with Crippen LogP contribution in [0.15, 0.2) is 6.07 Å². The van der Waals surface area contributed by atoms with E-state index in [9.17, 15) is 18.0 Å². The van der Waals surface area contributed by atoms with Crippen molar-refractivity contribution in [2.24, 2.45) is 0 Å². The first kappa shape index (κ1) is 14.6. The number of nitrogens with one attached hydrogen (secondary N) is 1. The summed E-state index contributed by atoms with van der Waals surface area (Å²) in [7, 11) is 0. The second kappa shape index (κ2) is 5.70. The zero-order chi connectivity index (χ0) is 14.9. The number of hydrogen-bond donors (Lipinski definition) is 2. The van der Waals surface area contributed by atoms with E-state index in [-0.39, 0.29) is 6.04 Å². The highest BCUT2D eigenvalue weighted by Crippen LogP contribution is 2.27. The minimum absolute atomic E-state index is 0.123. The van der Waals surface area contributed by atoms with Crippen molar-refractivity contribution in [1.82, 2.24) is 10.2 Å². The Bertz CT molecular complexity index is 531. The molecule has 1 aliphatic heterocycles. The van der Waals surface area contributed by atoms with Crippen LogP contribution in [0.1, 0.15) is 23.7 Å². The van der Waals surface area contributed by atoms with E-state index in [1.807, 2.05) is 0 Å². The molecule has 2 N–H and O–H groups in total. The molecule has 1 atom stereocenters. The Hall–Kier alpha value is -1.76. The summed E-state index contributed by atoms with van der Waals surface area (Å²) in [4.78, 5) is 13.6. The smallest absolute Gasteiger partial charge is 0.257 e. The number of benzene rings is 1. The molecule has 4 nitrogen and oxygen atoms in total. The normalized spacial score (nSPS) is 18.3. The zero-order valence-electron chi connectivity index (χ0n) is 10.9. The average Bonchev–Trinajstić information content (AvgIpc) is 2.95. The molecule has 0 aromatic heterocycles. The number of rotatable bonds is 3. The van der Waals surface area contributed by atoms with Gasteiger partial charge in [0, 0.05) is 19.1 Å². The third kappa shape index (κ3) is 2.45. The Balaban J connectivity index is 2.37. The Kier molecular flexibility index (Phi) is 4.17. The van der Waals surface area contributed by atoms with Crippen molar-refractivity contribution in [3.8, 4) is 5.75 Å². The third-order valence-electron chi connectivity index (χ3n) is 3.44. The van der Waals surface area contributed by atoms with Crippen LogP contribution in [0.5, 0.6) is 5.75 Å². The fraction of sp³-hybridized carbons (Fsp3) is 0.462. The predicted octanol–water partition coefficient (Wildman–Crippen LogP) is 1.63. The second-order valence-electron chi connectivity index (χ2n) is 4.62. The Morgan fingerprint density at radius 2 is 2.15 bits per heavy atom. The first-order valence-corrected chi connectivity index (χ1v) is 6.35. The number of nitrogens with zero attached hydrogens (tertiary/aromatic N) is 1. The SMILES string of the molecule is CCN(C(=O)c1cc(F)c(F)c(O)c1F)C1CCNC1. The number of phenols is 1. The average molecular weight is 288 g/mol. The number of halogens is 3. The van der Waals surface area contributed by atoms with Gasteiger partial charge in [-0.05, 0) is 26.0 Å². The number of amides is 1. The second-order valence-corrected chi connectivity index (χ2v) is 4.62. The first-order chi connectivity index (χ1) is 9.47. The summed E-state index contributed by atoms with van der Waals surface area (Å²) in [6.45, 7) is 3.33. The highest BCUT2D eigenvalue weighted by molar-refractivity contribution is 5.95. The fourth-order valence-electron chi connectivity index (χ4n) is 2.37. The summed E-state index contributed by atoms with van der Waals surface area (Å²) in [5.41, 5.74) is -0.657. The van der Waals surface area contributed by atoms with Crippen LogP contribution < -0.4 is 5.32 Å². The van der Waals surface area contributed by atoms with E-state index in [1.54, 1.807) is 6.92 Å². The van der Waals surface area contributed by atoms with Gasteiger partial charge in [0.1, 0.15) is 0 Å². The van der Waals surface area contributed by atoms with E-state index in [0.29, 0.717) is 25.6 Å². The quantitative estimate of drug-likeness (QED) is 0.831. The predicted molar refractivity (Wildman–Crippen MR) is 66.0 cm³/mol. The van der Waals surface area contributed by atoms with Crippen LogP contribution in [0.3, 0.4) is 0 Å². The molecule has 1 aliphatic rings. The van der Waals surface area contributed by atoms with Gasteiger partial charge in [-0.25, -0.2) is 8.78 Å². The van der Waals surface area contributed by atoms with Gasteiger partial charge in [-0.15, -0.1) is 0 Å². The fourth-order valence-corrected chi connectivity index (χ4v) is 2.37. The summed E-state index contributed by atoms with van der Waals surface area (Å²) in [5.74, 6) is -6.79. The number of likely N-dealkylation sites (N-methyl/N-ethyl adjacent to an activating group) is 1. The van der Waals surface area contributed by atoms with Crippen molar-refractivity contribution in [3.63, 3.8) is 0 Å². The molecule has 0 spiro atoms. The van der Waals surface area contributed by atoms with Crippen LogP contribution in [-0.4, -0.2) is 41.6 Å². The molecule has 0 saturated carbocycles. The van der Waals surface area contributed by atoms with Crippen LogP contribution in [0, 0.1) is 17.5 Å². The van der Waals surface area contributed by atoms with Gasteiger partial charge >= 0.3 is 0 Å². The van der Waals surface area contributed by atoms with Gasteiger partial charge in [-0.1, -0.05) is 0 Å². The highest BCUT2D eigenvalue weighted by atomic mass is 19.2. The molecule has 0 aliphatic carbocycles. The Morgan fingerprint density at radius 1 is 1.45 bits per heavy atom. The van der Waals surface area contributed by atoms with Crippen LogP contribution >= 0.6 is 0 Å². The molecule has 1 aromatic rings. The molecule has 2 rings (SSSR count). The molecule has 1 amide bonds. The van der Waals surface area contributed by atoms with E-state index in [1.165, 1.54) is 4.90 Å². The summed E-state index contributed by atoms with van der Waals surface area (Å²) < 4.78 is 40.0. The van der Waals surface area contributed by atoms with Crippen molar-refractivity contribution in [3.05, 3.63) is 29.1 Å². The maximum Gasteiger partial charge on any atom is 0.257 e. The van der Waals surface area contributed by atoms with Crippen LogP contribution in [-0.2, 0) is 0 Å². The zero-order valence-corrected chi connectivity index (χ0v) is 10.9. The number of carbonyl (C=O) groups excluding carboxylic acids is 1. The topological polar surface area (TPSA) is 52.6 Å². The molecule has 7 heteroatoms. The Morgan fingerprint density at radius 3 is 2.70 bits per heavy atom. The molecular weight excluding hydrogens is 273 g/mol. The summed E-state index contributed by atoms with van der Waals surface area (Å²) in [6, 6.07) is 0.361. The summed E-state index contributed by atoms with van der Waals surface area (Å²) in [5, 5.41) is 12.2. The number of hydrogen-bond acceptors (Lipinski definition) is 3. The minimum atomic E-state index is -1.69. The number of carbonyl (C=O) groups is 1. The molecule has 1 saturated heterocycles. The van der Waals surface area contributed by atoms with Gasteiger partial charge in [0.2, 0.25) is 5.82 Å². The molecule has 1 heterocycles. The molecule has 0 radical (unpaired) electrons. The van der Waals surface area contributed by atoms with E-state index in [4.69, 9.17) is 5.11 Å². The van der Waals surface area contributed by atoms with Crippen molar-refractivity contribution >= 4 is 5.91 Å². The molecule has 20 heavy (non-hydrogen) atoms. The van der Waals surface area contributed by atoms with Crippen molar-refractivity contribution in [1.29, 1.82) is 0 Å². The van der Waals surface area contributed by atoms with Gasteiger partial charge in [0.25, 0.3) is 5.91 Å². The molecule has 1 fully saturated rings. The lowest BCUT2D eigenvalue weighted by Crippen LogP contribution is -2.41. The van der Waals surface area contributed by atoms with E-state index >= 15 is 0 Å². The summed E-state index contributed by atoms with van der Waals surface area (Å²) in [6.07, 6.45) is 0.705. The van der Waals surface area contributed by atoms with Gasteiger partial charge in [0.15, 0.2) is 17.4 Å². The monoisotopic (exact) mass is 288 g/mol. The lowest BCUT2D eigenvalue weighted by molar-refractivity contribution is 0.0697. The highest BCUT2D eigenvalue weighted by Gasteiger charge is 2.30. The maximum absolute atomic E-state index is 13.8. The molecular formula is C13H15F3N2O2. The molecule has 1 unspecified atom stereocenters. The van der Waals surface area contributed by atoms with Gasteiger partial charge in [0.05, 0.1) is 5.56 Å². The first-order valence-electron chi connectivity index (χ1n) is 6.35. The van der Waals surface area contributed by atoms with E-state index < -0.39 is 34.7 Å². The minimum Gasteiger partial charge on any atom is -0.503 e. The van der Waals surface area contributed by atoms with Gasteiger partial charge in [-0.3, -0.25) is 4.79 Å². The Labute approximate surface area is 114 Å². The molecule has 0 bridgehead atoms. The standard InChI is InChI=1S/C13H15F3N2O2/c1-2-18(7-3-4-17-6-7)13(20)8-5-9(14)11(16)12(19)10(8)15/h5,7,17,19H,2-4,6H2,1H3. The molecule has 110 valence electrons. The number of aromatic hydroxyl groups is 1. The van der Waals surface area contributed by atoms with Crippen LogP contribution in [0.2, 0.25) is 0 Å². The van der Waals surface area contributed by atoms with E-state index in [0.717, 1.165) is 6.54 Å². The van der Waals surface area contributed by atoms with Crippen molar-refractivity contribution in [2.45, 2.75) is 19.4 Å². The van der Waals surface area contributed by atoms with Crippen molar-refractivity contribution in [2.75, 3.05) is 19.6 Å². The lowest BCUT2D eigenvalue weighted by Gasteiger charge is -2.27. The number of phenolic OH excluding ortho intramolecular Hbond substituents is 1. The van der Waals surface area contributed by atoms with Crippen molar-refractivity contribution < 1.29 is 23.1 Å². The largest absolute Gasteiger partial charge is 0.503 e. The summed E-state index contributed by atoms with van der Waals surface area (Å²) >= 11 is 0. The molecule has 1 aromatic carbocycles.